The number of aromatic nitrogens is 1. The monoisotopic (exact) mass is 296 g/mol. The van der Waals surface area contributed by atoms with Gasteiger partial charge in [0.2, 0.25) is 5.91 Å². The molecule has 1 fully saturated rings. The minimum absolute atomic E-state index is 0.127. The Morgan fingerprint density at radius 1 is 1.26 bits per heavy atom. The predicted octanol–water partition coefficient (Wildman–Crippen LogP) is 1.99. The van der Waals surface area contributed by atoms with E-state index in [-0.39, 0.29) is 6.42 Å². The summed E-state index contributed by atoms with van der Waals surface area (Å²) in [6.07, 6.45) is 3.40. The van der Waals surface area contributed by atoms with Crippen LogP contribution in [0.15, 0.2) is 36.7 Å². The van der Waals surface area contributed by atoms with Crippen LogP contribution in [0.25, 0.3) is 10.8 Å². The molecule has 0 radical (unpaired) electrons. The third-order valence-corrected chi connectivity index (χ3v) is 4.56. The van der Waals surface area contributed by atoms with Gasteiger partial charge in [0.25, 0.3) is 0 Å². The van der Waals surface area contributed by atoms with E-state index < -0.39 is 21.2 Å². The van der Waals surface area contributed by atoms with Crippen LogP contribution in [-0.2, 0) is 14.0 Å². The minimum atomic E-state index is -4.05. The lowest BCUT2D eigenvalue weighted by Gasteiger charge is -2.37. The highest BCUT2D eigenvalue weighted by molar-refractivity contribution is 8.12. The summed E-state index contributed by atoms with van der Waals surface area (Å²) in [5.74, 6) is -0.493. The number of carbonyl (C=O) groups excluding carboxylic acids is 1. The number of hydrogen-bond donors (Lipinski definition) is 0. The summed E-state index contributed by atoms with van der Waals surface area (Å²) < 4.78 is 23.5. The summed E-state index contributed by atoms with van der Waals surface area (Å²) in [5, 5.41) is 1.77. The van der Waals surface area contributed by atoms with Crippen molar-refractivity contribution in [2.45, 2.75) is 12.5 Å². The maximum absolute atomic E-state index is 11.4. The summed E-state index contributed by atoms with van der Waals surface area (Å²) in [6, 6.07) is 6.91. The number of pyridine rings is 1. The van der Waals surface area contributed by atoms with Crippen LogP contribution in [-0.4, -0.2) is 23.6 Å². The molecular weight excluding hydrogens is 288 g/mol. The normalized spacial score (nSPS) is 19.5. The number of carbonyl (C=O) groups is 1. The first kappa shape index (κ1) is 12.4. The number of hydrogen-bond acceptors (Lipinski definition) is 4. The Kier molecular flexibility index (Phi) is 2.72. The van der Waals surface area contributed by atoms with E-state index in [2.05, 4.69) is 4.98 Å². The van der Waals surface area contributed by atoms with E-state index >= 15 is 0 Å². The molecule has 1 aliphatic rings. The van der Waals surface area contributed by atoms with Gasteiger partial charge in [-0.2, -0.15) is 8.42 Å². The van der Waals surface area contributed by atoms with E-state index in [4.69, 9.17) is 10.7 Å². The summed E-state index contributed by atoms with van der Waals surface area (Å²) >= 11 is 0. The van der Waals surface area contributed by atoms with Crippen molar-refractivity contribution < 1.29 is 13.2 Å². The molecule has 7 heteroatoms. The number of β-lactam (4-membered cyclic amide) rings is 1. The third-order valence-electron chi connectivity index (χ3n) is 3.19. The molecule has 0 bridgehead atoms. The first-order valence-electron chi connectivity index (χ1n) is 5.58. The number of rotatable bonds is 2. The van der Waals surface area contributed by atoms with Crippen LogP contribution in [0.1, 0.15) is 18.0 Å². The topological polar surface area (TPSA) is 67.3 Å². The van der Waals surface area contributed by atoms with Crippen molar-refractivity contribution in [1.29, 1.82) is 0 Å². The smallest absolute Gasteiger partial charge is 0.274 e. The molecule has 0 spiro atoms. The molecule has 2 heterocycles. The van der Waals surface area contributed by atoms with Gasteiger partial charge in [0.05, 0.1) is 12.5 Å². The van der Waals surface area contributed by atoms with Gasteiger partial charge in [0.1, 0.15) is 0 Å². The highest BCUT2D eigenvalue weighted by Crippen LogP contribution is 2.40. The second-order valence-electron chi connectivity index (χ2n) is 4.30. The van der Waals surface area contributed by atoms with Crippen molar-refractivity contribution in [3.8, 4) is 0 Å². The highest BCUT2D eigenvalue weighted by atomic mass is 35.7. The first-order chi connectivity index (χ1) is 8.98. The molecule has 3 rings (SSSR count). The highest BCUT2D eigenvalue weighted by Gasteiger charge is 2.45. The van der Waals surface area contributed by atoms with Gasteiger partial charge in [-0.3, -0.25) is 9.78 Å². The molecule has 1 aromatic carbocycles. The quantitative estimate of drug-likeness (QED) is 0.628. The van der Waals surface area contributed by atoms with Crippen LogP contribution < -0.4 is 0 Å². The molecule has 0 N–H and O–H groups in total. The Labute approximate surface area is 114 Å². The predicted molar refractivity (Wildman–Crippen MR) is 70.7 cm³/mol. The Balaban J connectivity index is 2.14. The molecule has 0 aliphatic carbocycles. The summed E-state index contributed by atoms with van der Waals surface area (Å²) in [5.41, 5.74) is 0.696. The van der Waals surface area contributed by atoms with Gasteiger partial charge in [0.15, 0.2) is 0 Å². The van der Waals surface area contributed by atoms with E-state index in [1.165, 1.54) is 0 Å². The molecule has 1 unspecified atom stereocenters. The minimum Gasteiger partial charge on any atom is -0.274 e. The van der Waals surface area contributed by atoms with Crippen LogP contribution in [0.5, 0.6) is 0 Å². The Bertz CT molecular complexity index is 770. The molecule has 0 saturated carbocycles. The van der Waals surface area contributed by atoms with Gasteiger partial charge in [0, 0.05) is 34.0 Å². The molecular formula is C12H9ClN2O3S. The standard InChI is InChI=1S/C12H9ClN2O3S/c13-19(17,18)15-11(5-12(15)16)10-7-14-6-8-3-1-2-4-9(8)10/h1-4,6-7,11H,5H2. The van der Waals surface area contributed by atoms with E-state index in [0.29, 0.717) is 9.87 Å². The molecule has 2 aromatic rings. The van der Waals surface area contributed by atoms with Crippen LogP contribution in [0, 0.1) is 0 Å². The molecule has 5 nitrogen and oxygen atoms in total. The van der Waals surface area contributed by atoms with Gasteiger partial charge >= 0.3 is 9.24 Å². The van der Waals surface area contributed by atoms with Crippen molar-refractivity contribution in [3.63, 3.8) is 0 Å². The SMILES string of the molecule is O=C1CC(c2cncc3ccccc23)N1S(=O)(=O)Cl. The Morgan fingerprint density at radius 2 is 2.00 bits per heavy atom. The number of amides is 1. The largest absolute Gasteiger partial charge is 0.324 e. The second kappa shape index (κ2) is 4.18. The second-order valence-corrected chi connectivity index (χ2v) is 6.69. The maximum atomic E-state index is 11.4. The van der Waals surface area contributed by atoms with Crippen molar-refractivity contribution in [2.75, 3.05) is 0 Å². The molecule has 1 aromatic heterocycles. The van der Waals surface area contributed by atoms with Crippen LogP contribution in [0.3, 0.4) is 0 Å². The summed E-state index contributed by atoms with van der Waals surface area (Å²) in [6.45, 7) is 0. The van der Waals surface area contributed by atoms with Crippen molar-refractivity contribution in [3.05, 3.63) is 42.2 Å². The van der Waals surface area contributed by atoms with Crippen LogP contribution in [0.4, 0.5) is 0 Å². The molecule has 1 amide bonds. The zero-order valence-electron chi connectivity index (χ0n) is 9.65. The third kappa shape index (κ3) is 1.97. The number of benzene rings is 1. The number of halogens is 1. The lowest BCUT2D eigenvalue weighted by Crippen LogP contribution is -2.48. The van der Waals surface area contributed by atoms with Gasteiger partial charge in [-0.05, 0) is 5.39 Å². The van der Waals surface area contributed by atoms with E-state index in [1.807, 2.05) is 24.3 Å². The molecule has 1 saturated heterocycles. The molecule has 19 heavy (non-hydrogen) atoms. The van der Waals surface area contributed by atoms with Gasteiger partial charge < -0.3 is 0 Å². The van der Waals surface area contributed by atoms with Crippen molar-refractivity contribution in [1.82, 2.24) is 9.29 Å². The lowest BCUT2D eigenvalue weighted by molar-refractivity contribution is -0.137. The maximum Gasteiger partial charge on any atom is 0.324 e. The van der Waals surface area contributed by atoms with Crippen molar-refractivity contribution in [2.24, 2.45) is 0 Å². The van der Waals surface area contributed by atoms with E-state index in [0.717, 1.165) is 10.8 Å². The zero-order chi connectivity index (χ0) is 13.6. The van der Waals surface area contributed by atoms with Crippen molar-refractivity contribution >= 4 is 36.6 Å². The summed E-state index contributed by atoms with van der Waals surface area (Å²) in [7, 11) is 1.23. The van der Waals surface area contributed by atoms with Crippen LogP contribution in [0.2, 0.25) is 0 Å². The average molecular weight is 297 g/mol. The lowest BCUT2D eigenvalue weighted by atomic mass is 9.94. The molecule has 1 aliphatic heterocycles. The molecule has 1 atom stereocenters. The molecule has 98 valence electrons. The zero-order valence-corrected chi connectivity index (χ0v) is 11.2. The number of nitrogens with zero attached hydrogens (tertiary/aromatic N) is 2. The Hall–Kier alpha value is -1.66. The average Bonchev–Trinajstić information content (AvgIpc) is 2.33. The van der Waals surface area contributed by atoms with E-state index in [1.54, 1.807) is 12.4 Å². The van der Waals surface area contributed by atoms with Gasteiger partial charge in [-0.25, -0.2) is 4.31 Å². The van der Waals surface area contributed by atoms with Gasteiger partial charge in [-0.15, -0.1) is 0 Å². The fourth-order valence-corrected chi connectivity index (χ4v) is 3.64. The van der Waals surface area contributed by atoms with Crippen LogP contribution >= 0.6 is 10.7 Å². The fraction of sp³-hybridized carbons (Fsp3) is 0.167. The Morgan fingerprint density at radius 3 is 2.68 bits per heavy atom. The fourth-order valence-electron chi connectivity index (χ4n) is 2.31. The van der Waals surface area contributed by atoms with Gasteiger partial charge in [-0.1, -0.05) is 24.3 Å². The summed E-state index contributed by atoms with van der Waals surface area (Å²) in [4.78, 5) is 15.5. The number of fused-ring (bicyclic) bond motifs is 1. The first-order valence-corrected chi connectivity index (χ1v) is 7.84. The van der Waals surface area contributed by atoms with E-state index in [9.17, 15) is 13.2 Å².